The molecular weight excluding hydrogens is 232 g/mol. The van der Waals surface area contributed by atoms with E-state index < -0.39 is 0 Å². The van der Waals surface area contributed by atoms with E-state index in [1.165, 1.54) is 5.56 Å². The second-order valence-corrected chi connectivity index (χ2v) is 4.90. The number of benzene rings is 2. The molecule has 0 spiro atoms. The molecule has 1 unspecified atom stereocenters. The lowest BCUT2D eigenvalue weighted by atomic mass is 9.96. The lowest BCUT2D eigenvalue weighted by Gasteiger charge is -2.22. The molecule has 2 rings (SSSR count). The van der Waals surface area contributed by atoms with Crippen LogP contribution in [0.4, 0.5) is 0 Å². The smallest absolute Gasteiger partial charge is 0.0991 e. The number of rotatable bonds is 4. The normalized spacial score (nSPS) is 12.1. The fourth-order valence-electron chi connectivity index (χ4n) is 2.15. The quantitative estimate of drug-likeness (QED) is 0.899. The minimum atomic E-state index is 0.120. The summed E-state index contributed by atoms with van der Waals surface area (Å²) < 4.78 is 0. The minimum Gasteiger partial charge on any atom is -0.304 e. The first-order valence-electron chi connectivity index (χ1n) is 6.52. The van der Waals surface area contributed by atoms with Crippen LogP contribution in [0, 0.1) is 11.3 Å². The highest BCUT2D eigenvalue weighted by molar-refractivity contribution is 5.38. The predicted octanol–water partition coefficient (Wildman–Crippen LogP) is 3.65. The van der Waals surface area contributed by atoms with Gasteiger partial charge in [-0.15, -0.1) is 0 Å². The molecule has 1 atom stereocenters. The standard InChI is InChI=1S/C17H18N2/c1-13(2)19-17(15-8-4-3-5-9-15)16-10-6-7-14(11-16)12-18/h3-11,13,17,19H,1-2H3. The number of nitrogens with zero attached hydrogens (tertiary/aromatic N) is 1. The van der Waals surface area contributed by atoms with E-state index in [0.29, 0.717) is 11.6 Å². The summed E-state index contributed by atoms with van der Waals surface area (Å²) in [5.74, 6) is 0. The summed E-state index contributed by atoms with van der Waals surface area (Å²) >= 11 is 0. The van der Waals surface area contributed by atoms with Crippen molar-refractivity contribution in [1.82, 2.24) is 5.32 Å². The Kier molecular flexibility index (Phi) is 4.33. The summed E-state index contributed by atoms with van der Waals surface area (Å²) in [4.78, 5) is 0. The zero-order valence-corrected chi connectivity index (χ0v) is 11.3. The summed E-state index contributed by atoms with van der Waals surface area (Å²) in [6.07, 6.45) is 0. The molecule has 0 aliphatic carbocycles. The Labute approximate surface area is 114 Å². The number of hydrogen-bond acceptors (Lipinski definition) is 2. The molecule has 2 aromatic rings. The van der Waals surface area contributed by atoms with Crippen molar-refractivity contribution in [3.63, 3.8) is 0 Å². The van der Waals surface area contributed by atoms with Crippen LogP contribution in [0.2, 0.25) is 0 Å². The van der Waals surface area contributed by atoms with Crippen molar-refractivity contribution in [3.8, 4) is 6.07 Å². The van der Waals surface area contributed by atoms with Gasteiger partial charge in [-0.05, 0) is 37.1 Å². The van der Waals surface area contributed by atoms with Crippen molar-refractivity contribution in [1.29, 1.82) is 5.26 Å². The van der Waals surface area contributed by atoms with Crippen molar-refractivity contribution >= 4 is 0 Å². The molecule has 0 radical (unpaired) electrons. The molecule has 2 aromatic carbocycles. The second kappa shape index (κ2) is 6.17. The first-order chi connectivity index (χ1) is 9.20. The zero-order chi connectivity index (χ0) is 13.7. The third-order valence-electron chi connectivity index (χ3n) is 2.98. The van der Waals surface area contributed by atoms with Gasteiger partial charge in [-0.25, -0.2) is 0 Å². The zero-order valence-electron chi connectivity index (χ0n) is 11.3. The molecule has 2 heteroatoms. The fourth-order valence-corrected chi connectivity index (χ4v) is 2.15. The Hall–Kier alpha value is -2.11. The largest absolute Gasteiger partial charge is 0.304 e. The minimum absolute atomic E-state index is 0.120. The lowest BCUT2D eigenvalue weighted by Crippen LogP contribution is -2.28. The van der Waals surface area contributed by atoms with Gasteiger partial charge in [0, 0.05) is 6.04 Å². The summed E-state index contributed by atoms with van der Waals surface area (Å²) in [6.45, 7) is 4.26. The molecule has 0 heterocycles. The Morgan fingerprint density at radius 1 is 0.947 bits per heavy atom. The molecule has 0 aliphatic rings. The molecule has 2 nitrogen and oxygen atoms in total. The number of nitriles is 1. The van der Waals surface area contributed by atoms with Crippen molar-refractivity contribution in [2.24, 2.45) is 0 Å². The van der Waals surface area contributed by atoms with Crippen molar-refractivity contribution in [3.05, 3.63) is 71.3 Å². The van der Waals surface area contributed by atoms with Gasteiger partial charge < -0.3 is 5.32 Å². The molecule has 96 valence electrons. The molecule has 0 bridgehead atoms. The maximum atomic E-state index is 9.03. The third kappa shape index (κ3) is 3.43. The highest BCUT2D eigenvalue weighted by Crippen LogP contribution is 2.23. The van der Waals surface area contributed by atoms with Crippen molar-refractivity contribution < 1.29 is 0 Å². The van der Waals surface area contributed by atoms with E-state index in [0.717, 1.165) is 5.56 Å². The Balaban J connectivity index is 2.40. The molecule has 19 heavy (non-hydrogen) atoms. The summed E-state index contributed by atoms with van der Waals surface area (Å²) in [5, 5.41) is 12.6. The highest BCUT2D eigenvalue weighted by atomic mass is 14.9. The van der Waals surface area contributed by atoms with Crippen LogP contribution in [0.1, 0.15) is 36.6 Å². The van der Waals surface area contributed by atoms with Gasteiger partial charge in [0.1, 0.15) is 0 Å². The number of hydrogen-bond donors (Lipinski definition) is 1. The molecule has 0 aromatic heterocycles. The SMILES string of the molecule is CC(C)NC(c1ccccc1)c1cccc(C#N)c1. The summed E-state index contributed by atoms with van der Waals surface area (Å²) in [6, 6.07) is 20.8. The van der Waals surface area contributed by atoms with Crippen LogP contribution in [0.25, 0.3) is 0 Å². The van der Waals surface area contributed by atoms with Crippen LogP contribution in [0.3, 0.4) is 0 Å². The van der Waals surface area contributed by atoms with Crippen molar-refractivity contribution in [2.75, 3.05) is 0 Å². The predicted molar refractivity (Wildman–Crippen MR) is 77.7 cm³/mol. The highest BCUT2D eigenvalue weighted by Gasteiger charge is 2.14. The maximum Gasteiger partial charge on any atom is 0.0991 e. The molecule has 0 saturated heterocycles. The molecular formula is C17H18N2. The number of nitrogens with one attached hydrogen (secondary N) is 1. The average Bonchev–Trinajstić information content (AvgIpc) is 2.45. The topological polar surface area (TPSA) is 35.8 Å². The van der Waals surface area contributed by atoms with E-state index in [-0.39, 0.29) is 6.04 Å². The average molecular weight is 250 g/mol. The molecule has 0 aliphatic heterocycles. The summed E-state index contributed by atoms with van der Waals surface area (Å²) in [7, 11) is 0. The first kappa shape index (κ1) is 13.3. The Morgan fingerprint density at radius 3 is 2.26 bits per heavy atom. The first-order valence-corrected chi connectivity index (χ1v) is 6.52. The van der Waals surface area contributed by atoms with Gasteiger partial charge in [-0.1, -0.05) is 42.5 Å². The van der Waals surface area contributed by atoms with E-state index in [1.807, 2.05) is 36.4 Å². The van der Waals surface area contributed by atoms with Crippen LogP contribution < -0.4 is 5.32 Å². The van der Waals surface area contributed by atoms with Gasteiger partial charge >= 0.3 is 0 Å². The molecule has 0 saturated carbocycles. The van der Waals surface area contributed by atoms with E-state index in [1.54, 1.807) is 0 Å². The van der Waals surface area contributed by atoms with E-state index in [2.05, 4.69) is 43.4 Å². The van der Waals surface area contributed by atoms with Gasteiger partial charge in [0.15, 0.2) is 0 Å². The third-order valence-corrected chi connectivity index (χ3v) is 2.98. The Morgan fingerprint density at radius 2 is 1.63 bits per heavy atom. The lowest BCUT2D eigenvalue weighted by molar-refractivity contribution is 0.528. The van der Waals surface area contributed by atoms with E-state index in [9.17, 15) is 0 Å². The van der Waals surface area contributed by atoms with Gasteiger partial charge in [0.2, 0.25) is 0 Å². The maximum absolute atomic E-state index is 9.03. The Bertz CT molecular complexity index is 567. The van der Waals surface area contributed by atoms with Gasteiger partial charge in [0.25, 0.3) is 0 Å². The molecule has 0 amide bonds. The van der Waals surface area contributed by atoms with Gasteiger partial charge in [-0.2, -0.15) is 5.26 Å². The van der Waals surface area contributed by atoms with E-state index in [4.69, 9.17) is 5.26 Å². The van der Waals surface area contributed by atoms with Crippen LogP contribution >= 0.6 is 0 Å². The fraction of sp³-hybridized carbons (Fsp3) is 0.235. The van der Waals surface area contributed by atoms with Crippen LogP contribution in [-0.4, -0.2) is 6.04 Å². The van der Waals surface area contributed by atoms with Gasteiger partial charge in [-0.3, -0.25) is 0 Å². The molecule has 1 N–H and O–H groups in total. The van der Waals surface area contributed by atoms with Gasteiger partial charge in [0.05, 0.1) is 17.7 Å². The summed E-state index contributed by atoms with van der Waals surface area (Å²) in [5.41, 5.74) is 3.04. The van der Waals surface area contributed by atoms with Crippen LogP contribution in [-0.2, 0) is 0 Å². The van der Waals surface area contributed by atoms with E-state index >= 15 is 0 Å². The monoisotopic (exact) mass is 250 g/mol. The molecule has 0 fully saturated rings. The van der Waals surface area contributed by atoms with Crippen molar-refractivity contribution in [2.45, 2.75) is 25.9 Å². The second-order valence-electron chi connectivity index (χ2n) is 4.90. The van der Waals surface area contributed by atoms with Crippen LogP contribution in [0.5, 0.6) is 0 Å². The van der Waals surface area contributed by atoms with Crippen LogP contribution in [0.15, 0.2) is 54.6 Å².